The summed E-state index contributed by atoms with van der Waals surface area (Å²) in [6.45, 7) is 5.14. The average Bonchev–Trinajstić information content (AvgIpc) is 2.35. The Hall–Kier alpha value is -0.860. The Labute approximate surface area is 72.4 Å². The van der Waals surface area contributed by atoms with E-state index in [2.05, 4.69) is 25.1 Å². The van der Waals surface area contributed by atoms with Gasteiger partial charge in [0.05, 0.1) is 6.20 Å². The minimum Gasteiger partial charge on any atom is -0.269 e. The molecule has 0 aliphatic heterocycles. The average molecular weight is 169 g/mol. The minimum absolute atomic E-state index is 0.375. The Morgan fingerprint density at radius 3 is 2.92 bits per heavy atom. The molecule has 0 aliphatic rings. The fraction of sp³-hybridized carbons (Fsp3) is 0.667. The van der Waals surface area contributed by atoms with Crippen LogP contribution in [-0.2, 0) is 6.54 Å². The van der Waals surface area contributed by atoms with E-state index in [0.717, 1.165) is 19.4 Å². The maximum atomic E-state index is 12.4. The third-order valence-corrected chi connectivity index (χ3v) is 1.72. The molecule has 0 atom stereocenters. The monoisotopic (exact) mass is 169 g/mol. The smallest absolute Gasteiger partial charge is 0.170 e. The molecular weight excluding hydrogens is 155 g/mol. The molecule has 1 aromatic heterocycles. The highest BCUT2D eigenvalue weighted by Gasteiger charge is 1.98. The van der Waals surface area contributed by atoms with E-state index < -0.39 is 0 Å². The number of hydrogen-bond acceptors (Lipinski definition) is 1. The van der Waals surface area contributed by atoms with Gasteiger partial charge in [0, 0.05) is 6.54 Å². The van der Waals surface area contributed by atoms with E-state index in [1.165, 1.54) is 6.20 Å². The second-order valence-corrected chi connectivity index (χ2v) is 3.39. The predicted molar refractivity (Wildman–Crippen MR) is 45.1 cm³/mol. The molecule has 0 aromatic carbocycles. The number of aryl methyl sites for hydroxylation is 1. The van der Waals surface area contributed by atoms with Crippen molar-refractivity contribution >= 4 is 0 Å². The first-order valence-electron chi connectivity index (χ1n) is 4.29. The molecule has 0 N–H and O–H groups in total. The summed E-state index contributed by atoms with van der Waals surface area (Å²) in [5.41, 5.74) is 0. The molecule has 0 unspecified atom stereocenters. The Bertz CT molecular complexity index is 230. The van der Waals surface area contributed by atoms with E-state index in [-0.39, 0.29) is 5.82 Å². The molecule has 12 heavy (non-hydrogen) atoms. The van der Waals surface area contributed by atoms with Crippen LogP contribution in [0.1, 0.15) is 26.7 Å². The Morgan fingerprint density at radius 2 is 2.42 bits per heavy atom. The van der Waals surface area contributed by atoms with E-state index in [9.17, 15) is 4.39 Å². The summed E-state index contributed by atoms with van der Waals surface area (Å²) >= 11 is 0. The number of hydrogen-bond donors (Lipinski definition) is 0. The summed E-state index contributed by atoms with van der Waals surface area (Å²) in [6.07, 6.45) is 5.83. The number of rotatable bonds is 4. The third-order valence-electron chi connectivity index (χ3n) is 1.72. The van der Waals surface area contributed by atoms with Gasteiger partial charge in [-0.05, 0) is 18.8 Å². The van der Waals surface area contributed by atoms with E-state index >= 15 is 0 Å². The van der Waals surface area contributed by atoms with Gasteiger partial charge < -0.3 is 0 Å². The number of halogens is 1. The van der Waals surface area contributed by atoms with Gasteiger partial charge in [-0.3, -0.25) is 4.68 Å². The highest BCUT2D eigenvalue weighted by Crippen LogP contribution is 2.04. The van der Waals surface area contributed by atoms with E-state index in [1.807, 2.05) is 0 Å². The second kappa shape index (κ2) is 4.24. The lowest BCUT2D eigenvalue weighted by Crippen LogP contribution is -1.99. The van der Waals surface area contributed by atoms with Crippen molar-refractivity contribution in [3.63, 3.8) is 0 Å². The zero-order valence-electron chi connectivity index (χ0n) is 7.55. The third kappa shape index (κ3) is 3.03. The standard InChI is InChI=1S/C9H14FN2/c1-8(2)4-3-5-12-7-9(10)6-11-12/h7-8H,3-5H2,1-2H3. The molecule has 67 valence electrons. The lowest BCUT2D eigenvalue weighted by Gasteiger charge is -2.03. The van der Waals surface area contributed by atoms with Crippen LogP contribution in [0.2, 0.25) is 0 Å². The second-order valence-electron chi connectivity index (χ2n) is 3.39. The molecule has 0 bridgehead atoms. The van der Waals surface area contributed by atoms with Crippen LogP contribution < -0.4 is 0 Å². The topological polar surface area (TPSA) is 17.8 Å². The molecule has 1 heterocycles. The van der Waals surface area contributed by atoms with Gasteiger partial charge in [-0.25, -0.2) is 4.39 Å². The van der Waals surface area contributed by atoms with Gasteiger partial charge in [-0.15, -0.1) is 0 Å². The zero-order valence-corrected chi connectivity index (χ0v) is 7.55. The quantitative estimate of drug-likeness (QED) is 0.676. The van der Waals surface area contributed by atoms with Crippen LogP contribution in [0, 0.1) is 17.9 Å². The maximum Gasteiger partial charge on any atom is 0.170 e. The fourth-order valence-electron chi connectivity index (χ4n) is 1.08. The molecule has 0 fully saturated rings. The maximum absolute atomic E-state index is 12.4. The largest absolute Gasteiger partial charge is 0.269 e. The van der Waals surface area contributed by atoms with Crippen molar-refractivity contribution in [3.05, 3.63) is 18.2 Å². The highest BCUT2D eigenvalue weighted by atomic mass is 19.1. The van der Waals surface area contributed by atoms with Crippen LogP contribution in [0.3, 0.4) is 0 Å². The predicted octanol–water partition coefficient (Wildman–Crippen LogP) is 2.26. The molecule has 0 aliphatic carbocycles. The number of aromatic nitrogens is 2. The summed E-state index contributed by atoms with van der Waals surface area (Å²) in [7, 11) is 0. The highest BCUT2D eigenvalue weighted by molar-refractivity contribution is 4.81. The molecular formula is C9H14FN2. The fourth-order valence-corrected chi connectivity index (χ4v) is 1.08. The normalized spacial score (nSPS) is 11.0. The first-order valence-corrected chi connectivity index (χ1v) is 4.29. The van der Waals surface area contributed by atoms with Gasteiger partial charge in [0.1, 0.15) is 0 Å². The molecule has 0 amide bonds. The van der Waals surface area contributed by atoms with Gasteiger partial charge in [0.25, 0.3) is 0 Å². The molecule has 1 radical (unpaired) electrons. The van der Waals surface area contributed by atoms with Crippen LogP contribution in [0.15, 0.2) is 6.20 Å². The molecule has 0 saturated heterocycles. The Balaban J connectivity index is 2.24. The first-order chi connectivity index (χ1) is 5.68. The van der Waals surface area contributed by atoms with Crippen molar-refractivity contribution in [3.8, 4) is 0 Å². The Morgan fingerprint density at radius 1 is 1.67 bits per heavy atom. The van der Waals surface area contributed by atoms with Crippen LogP contribution in [0.25, 0.3) is 0 Å². The zero-order chi connectivity index (χ0) is 8.97. The molecule has 0 saturated carbocycles. The van der Waals surface area contributed by atoms with Gasteiger partial charge >= 0.3 is 0 Å². The SMILES string of the molecule is CC(C)CCCn1cc(F)[c]n1. The molecule has 1 aromatic rings. The minimum atomic E-state index is -0.375. The summed E-state index contributed by atoms with van der Waals surface area (Å²) in [5, 5.41) is 3.73. The van der Waals surface area contributed by atoms with E-state index in [4.69, 9.17) is 0 Å². The van der Waals surface area contributed by atoms with Crippen LogP contribution in [0.4, 0.5) is 4.39 Å². The van der Waals surface area contributed by atoms with Crippen LogP contribution >= 0.6 is 0 Å². The summed E-state index contributed by atoms with van der Waals surface area (Å²) < 4.78 is 14.0. The molecule has 1 rings (SSSR count). The van der Waals surface area contributed by atoms with Gasteiger partial charge in [0.15, 0.2) is 12.0 Å². The van der Waals surface area contributed by atoms with Crippen molar-refractivity contribution in [2.45, 2.75) is 33.2 Å². The van der Waals surface area contributed by atoms with Gasteiger partial charge in [-0.2, -0.15) is 5.10 Å². The lowest BCUT2D eigenvalue weighted by atomic mass is 10.1. The van der Waals surface area contributed by atoms with Crippen molar-refractivity contribution in [2.75, 3.05) is 0 Å². The molecule has 2 nitrogen and oxygen atoms in total. The summed E-state index contributed by atoms with van der Waals surface area (Å²) in [5.74, 6) is 0.328. The van der Waals surface area contributed by atoms with Crippen molar-refractivity contribution in [1.29, 1.82) is 0 Å². The first kappa shape index (κ1) is 9.23. The van der Waals surface area contributed by atoms with Crippen molar-refractivity contribution in [2.24, 2.45) is 5.92 Å². The van der Waals surface area contributed by atoms with E-state index in [1.54, 1.807) is 4.68 Å². The number of nitrogens with zero attached hydrogens (tertiary/aromatic N) is 2. The lowest BCUT2D eigenvalue weighted by molar-refractivity contribution is 0.488. The van der Waals surface area contributed by atoms with Gasteiger partial charge in [0.2, 0.25) is 0 Å². The molecule has 0 spiro atoms. The molecule has 3 heteroatoms. The van der Waals surface area contributed by atoms with Gasteiger partial charge in [-0.1, -0.05) is 13.8 Å². The Kier molecular flexibility index (Phi) is 3.26. The van der Waals surface area contributed by atoms with Crippen LogP contribution in [-0.4, -0.2) is 9.78 Å². The van der Waals surface area contributed by atoms with Crippen LogP contribution in [0.5, 0.6) is 0 Å². The van der Waals surface area contributed by atoms with Crippen molar-refractivity contribution < 1.29 is 4.39 Å². The van der Waals surface area contributed by atoms with Crippen molar-refractivity contribution in [1.82, 2.24) is 9.78 Å². The summed E-state index contributed by atoms with van der Waals surface area (Å²) in [4.78, 5) is 0. The summed E-state index contributed by atoms with van der Waals surface area (Å²) in [6, 6.07) is 0. The van der Waals surface area contributed by atoms with E-state index in [0.29, 0.717) is 5.92 Å².